The summed E-state index contributed by atoms with van der Waals surface area (Å²) in [6, 6.07) is 17.1. The maximum absolute atomic E-state index is 11.2. The second kappa shape index (κ2) is 6.18. The largest absolute Gasteiger partial charge is 0.426 e. The number of nitrogens with zero attached hydrogens (tertiary/aromatic N) is 2. The molecule has 0 bridgehead atoms. The molecule has 0 N–H and O–H groups in total. The van der Waals surface area contributed by atoms with Crippen molar-refractivity contribution in [2.45, 2.75) is 6.92 Å². The van der Waals surface area contributed by atoms with Gasteiger partial charge in [0.15, 0.2) is 5.82 Å². The minimum atomic E-state index is -0.367. The zero-order valence-corrected chi connectivity index (χ0v) is 12.1. The Balaban J connectivity index is 1.95. The highest BCUT2D eigenvalue weighted by molar-refractivity contribution is 5.74. The predicted molar refractivity (Wildman–Crippen MR) is 84.2 cm³/mol. The van der Waals surface area contributed by atoms with Gasteiger partial charge in [-0.3, -0.25) is 4.79 Å². The van der Waals surface area contributed by atoms with Gasteiger partial charge >= 0.3 is 5.97 Å². The molecule has 0 fully saturated rings. The van der Waals surface area contributed by atoms with Crippen molar-refractivity contribution in [2.75, 3.05) is 0 Å². The van der Waals surface area contributed by atoms with Crippen molar-refractivity contribution in [1.29, 1.82) is 0 Å². The molecule has 0 atom stereocenters. The van der Waals surface area contributed by atoms with Gasteiger partial charge in [0.25, 0.3) is 0 Å². The Morgan fingerprint density at radius 2 is 1.50 bits per heavy atom. The number of rotatable bonds is 3. The van der Waals surface area contributed by atoms with E-state index in [-0.39, 0.29) is 5.97 Å². The van der Waals surface area contributed by atoms with Gasteiger partial charge in [-0.1, -0.05) is 42.5 Å². The van der Waals surface area contributed by atoms with Gasteiger partial charge in [0.2, 0.25) is 0 Å². The van der Waals surface area contributed by atoms with Crippen molar-refractivity contribution in [3.63, 3.8) is 0 Å². The molecular weight excluding hydrogens is 276 g/mol. The maximum atomic E-state index is 11.2. The first-order chi connectivity index (χ1) is 10.7. The van der Waals surface area contributed by atoms with Crippen LogP contribution in [0, 0.1) is 0 Å². The van der Waals surface area contributed by atoms with Crippen LogP contribution in [-0.4, -0.2) is 15.9 Å². The Bertz CT molecular complexity index is 784. The third-order valence-corrected chi connectivity index (χ3v) is 3.14. The molecule has 3 rings (SSSR count). The molecule has 0 aliphatic rings. The van der Waals surface area contributed by atoms with Crippen LogP contribution < -0.4 is 4.74 Å². The van der Waals surface area contributed by atoms with E-state index >= 15 is 0 Å². The van der Waals surface area contributed by atoms with Crippen LogP contribution in [0.3, 0.4) is 0 Å². The summed E-state index contributed by atoms with van der Waals surface area (Å²) < 4.78 is 5.20. The molecule has 0 amide bonds. The van der Waals surface area contributed by atoms with Crippen molar-refractivity contribution in [1.82, 2.24) is 9.97 Å². The number of para-hydroxylation sites is 1. The zero-order chi connectivity index (χ0) is 15.4. The Morgan fingerprint density at radius 1 is 0.864 bits per heavy atom. The van der Waals surface area contributed by atoms with Gasteiger partial charge in [-0.2, -0.15) is 0 Å². The molecule has 1 heterocycles. The molecule has 1 aromatic heterocycles. The third kappa shape index (κ3) is 3.01. The summed E-state index contributed by atoms with van der Waals surface area (Å²) in [7, 11) is 0. The lowest BCUT2D eigenvalue weighted by molar-refractivity contribution is -0.131. The fourth-order valence-corrected chi connectivity index (χ4v) is 2.14. The minimum absolute atomic E-state index is 0.367. The summed E-state index contributed by atoms with van der Waals surface area (Å²) in [6.07, 6.45) is 3.53. The molecule has 0 unspecified atom stereocenters. The SMILES string of the molecule is CC(=O)Oc1ccccc1-c1ncc(-c2ccccc2)cn1. The third-order valence-electron chi connectivity index (χ3n) is 3.14. The van der Waals surface area contributed by atoms with Crippen LogP contribution in [0.2, 0.25) is 0 Å². The van der Waals surface area contributed by atoms with E-state index in [1.54, 1.807) is 24.5 Å². The number of aromatic nitrogens is 2. The highest BCUT2D eigenvalue weighted by atomic mass is 16.5. The average Bonchev–Trinajstić information content (AvgIpc) is 2.56. The van der Waals surface area contributed by atoms with E-state index in [1.165, 1.54) is 6.92 Å². The van der Waals surface area contributed by atoms with E-state index in [1.807, 2.05) is 42.5 Å². The molecule has 4 heteroatoms. The van der Waals surface area contributed by atoms with Crippen molar-refractivity contribution in [3.8, 4) is 28.3 Å². The second-order valence-electron chi connectivity index (χ2n) is 4.75. The zero-order valence-electron chi connectivity index (χ0n) is 12.1. The fraction of sp³-hybridized carbons (Fsp3) is 0.0556. The van der Waals surface area contributed by atoms with E-state index in [0.717, 1.165) is 11.1 Å². The molecule has 0 aliphatic heterocycles. The van der Waals surface area contributed by atoms with Gasteiger partial charge < -0.3 is 4.74 Å². The van der Waals surface area contributed by atoms with E-state index in [0.29, 0.717) is 17.1 Å². The second-order valence-corrected chi connectivity index (χ2v) is 4.75. The smallest absolute Gasteiger partial charge is 0.308 e. The average molecular weight is 290 g/mol. The summed E-state index contributed by atoms with van der Waals surface area (Å²) in [4.78, 5) is 20.0. The highest BCUT2D eigenvalue weighted by Gasteiger charge is 2.10. The quantitative estimate of drug-likeness (QED) is 0.544. The van der Waals surface area contributed by atoms with Crippen LogP contribution in [0.1, 0.15) is 6.92 Å². The molecule has 3 aromatic rings. The number of ether oxygens (including phenoxy) is 1. The standard InChI is InChI=1S/C18H14N2O2/c1-13(21)22-17-10-6-5-9-16(17)18-19-11-15(12-20-18)14-7-3-2-4-8-14/h2-12H,1H3. The van der Waals surface area contributed by atoms with Gasteiger partial charge in [-0.25, -0.2) is 9.97 Å². The lowest BCUT2D eigenvalue weighted by Gasteiger charge is -2.08. The number of hydrogen-bond donors (Lipinski definition) is 0. The van der Waals surface area contributed by atoms with Crippen LogP contribution >= 0.6 is 0 Å². The number of carbonyl (C=O) groups excluding carboxylic acids is 1. The van der Waals surface area contributed by atoms with Crippen molar-refractivity contribution >= 4 is 5.97 Å². The molecule has 22 heavy (non-hydrogen) atoms. The lowest BCUT2D eigenvalue weighted by Crippen LogP contribution is -2.03. The van der Waals surface area contributed by atoms with Crippen molar-refractivity contribution < 1.29 is 9.53 Å². The van der Waals surface area contributed by atoms with Crippen LogP contribution in [-0.2, 0) is 4.79 Å². The summed E-state index contributed by atoms with van der Waals surface area (Å²) >= 11 is 0. The molecule has 108 valence electrons. The first-order valence-corrected chi connectivity index (χ1v) is 6.89. The summed E-state index contributed by atoms with van der Waals surface area (Å²) in [5.74, 6) is 0.618. The predicted octanol–water partition coefficient (Wildman–Crippen LogP) is 3.74. The van der Waals surface area contributed by atoms with Crippen LogP contribution in [0.4, 0.5) is 0 Å². The van der Waals surface area contributed by atoms with Crippen molar-refractivity contribution in [2.24, 2.45) is 0 Å². The van der Waals surface area contributed by atoms with Crippen molar-refractivity contribution in [3.05, 3.63) is 67.0 Å². The van der Waals surface area contributed by atoms with Gasteiger partial charge in [0.05, 0.1) is 5.56 Å². The minimum Gasteiger partial charge on any atom is -0.426 e. The number of hydrogen-bond acceptors (Lipinski definition) is 4. The molecule has 2 aromatic carbocycles. The van der Waals surface area contributed by atoms with E-state index < -0.39 is 0 Å². The molecule has 0 radical (unpaired) electrons. The Labute approximate surface area is 128 Å². The molecule has 0 spiro atoms. The summed E-state index contributed by atoms with van der Waals surface area (Å²) in [5, 5.41) is 0. The lowest BCUT2D eigenvalue weighted by atomic mass is 10.1. The van der Waals surface area contributed by atoms with Gasteiger partial charge in [-0.15, -0.1) is 0 Å². The molecule has 0 saturated heterocycles. The molecule has 4 nitrogen and oxygen atoms in total. The fourth-order valence-electron chi connectivity index (χ4n) is 2.14. The van der Waals surface area contributed by atoms with Gasteiger partial charge in [-0.05, 0) is 17.7 Å². The Hall–Kier alpha value is -3.01. The summed E-state index contributed by atoms with van der Waals surface area (Å²) in [6.45, 7) is 1.37. The first kappa shape index (κ1) is 13.9. The number of esters is 1. The number of benzene rings is 2. The topological polar surface area (TPSA) is 52.1 Å². The Morgan fingerprint density at radius 3 is 2.18 bits per heavy atom. The normalized spacial score (nSPS) is 10.2. The summed E-state index contributed by atoms with van der Waals surface area (Å²) in [5.41, 5.74) is 2.69. The van der Waals surface area contributed by atoms with E-state index in [4.69, 9.17) is 4.74 Å². The Kier molecular flexibility index (Phi) is 3.92. The van der Waals surface area contributed by atoms with Crippen LogP contribution in [0.15, 0.2) is 67.0 Å². The first-order valence-electron chi connectivity index (χ1n) is 6.89. The highest BCUT2D eigenvalue weighted by Crippen LogP contribution is 2.28. The monoisotopic (exact) mass is 290 g/mol. The van der Waals surface area contributed by atoms with Gasteiger partial charge in [0.1, 0.15) is 5.75 Å². The van der Waals surface area contributed by atoms with Crippen LogP contribution in [0.5, 0.6) is 5.75 Å². The number of carbonyl (C=O) groups is 1. The van der Waals surface area contributed by atoms with Gasteiger partial charge in [0, 0.05) is 24.9 Å². The molecular formula is C18H14N2O2. The van der Waals surface area contributed by atoms with Crippen LogP contribution in [0.25, 0.3) is 22.5 Å². The molecule has 0 aliphatic carbocycles. The molecule has 0 saturated carbocycles. The van der Waals surface area contributed by atoms with E-state index in [9.17, 15) is 4.79 Å². The maximum Gasteiger partial charge on any atom is 0.308 e. The van der Waals surface area contributed by atoms with E-state index in [2.05, 4.69) is 9.97 Å².